The van der Waals surface area contributed by atoms with Crippen molar-refractivity contribution in [1.29, 1.82) is 0 Å². The summed E-state index contributed by atoms with van der Waals surface area (Å²) < 4.78 is 13.3. The summed E-state index contributed by atoms with van der Waals surface area (Å²) in [5.74, 6) is -0.955. The highest BCUT2D eigenvalue weighted by Crippen LogP contribution is 2.32. The molecule has 0 amide bonds. The fraction of sp³-hybridized carbons (Fsp3) is 0. The molecule has 2 heterocycles. The average Bonchev–Trinajstić information content (AvgIpc) is 2.42. The van der Waals surface area contributed by atoms with Gasteiger partial charge < -0.3 is 5.11 Å². The Morgan fingerprint density at radius 3 is 2.75 bits per heavy atom. The third kappa shape index (κ3) is 1.11. The second-order valence-corrected chi connectivity index (χ2v) is 4.52. The molecule has 0 aromatic carbocycles. The summed E-state index contributed by atoms with van der Waals surface area (Å²) >= 11 is 2.08. The molecule has 0 radical (unpaired) electrons. The van der Waals surface area contributed by atoms with Crippen molar-refractivity contribution in [3.05, 3.63) is 22.1 Å². The van der Waals surface area contributed by atoms with Crippen LogP contribution in [-0.4, -0.2) is 11.1 Å². The zero-order valence-corrected chi connectivity index (χ0v) is 7.34. The molecule has 2 nitrogen and oxygen atoms in total. The van der Waals surface area contributed by atoms with Gasteiger partial charge in [-0.15, -0.1) is 11.3 Å². The van der Waals surface area contributed by atoms with Gasteiger partial charge in [-0.25, -0.2) is 4.79 Å². The summed E-state index contributed by atoms with van der Waals surface area (Å²) in [5.41, 5.74) is 0. The number of halogens is 1. The van der Waals surface area contributed by atoms with Gasteiger partial charge in [0.15, 0.2) is 5.13 Å². The van der Waals surface area contributed by atoms with Crippen molar-refractivity contribution in [2.45, 2.75) is 0 Å². The lowest BCUT2D eigenvalue weighted by molar-refractivity contribution is 0.0702. The molecule has 0 fully saturated rings. The van der Waals surface area contributed by atoms with E-state index in [-0.39, 0.29) is 10.0 Å². The van der Waals surface area contributed by atoms with Gasteiger partial charge >= 0.3 is 5.97 Å². The molecule has 0 aliphatic heterocycles. The molecule has 0 aliphatic rings. The first-order valence-corrected chi connectivity index (χ1v) is 4.72. The van der Waals surface area contributed by atoms with Crippen LogP contribution in [0.1, 0.15) is 9.67 Å². The normalized spacial score (nSPS) is 10.8. The van der Waals surface area contributed by atoms with Crippen molar-refractivity contribution in [1.82, 2.24) is 0 Å². The molecule has 0 atom stereocenters. The molecule has 1 N–H and O–H groups in total. The van der Waals surface area contributed by atoms with E-state index >= 15 is 0 Å². The molecule has 62 valence electrons. The van der Waals surface area contributed by atoms with E-state index in [0.717, 1.165) is 26.7 Å². The summed E-state index contributed by atoms with van der Waals surface area (Å²) in [7, 11) is 0. The first-order valence-electron chi connectivity index (χ1n) is 3.09. The van der Waals surface area contributed by atoms with E-state index in [4.69, 9.17) is 5.11 Å². The smallest absolute Gasteiger partial charge is 0.345 e. The van der Waals surface area contributed by atoms with Crippen molar-refractivity contribution in [3.63, 3.8) is 0 Å². The number of carboxylic acid groups (broad SMARTS) is 1. The van der Waals surface area contributed by atoms with Gasteiger partial charge in [0.25, 0.3) is 0 Å². The van der Waals surface area contributed by atoms with E-state index in [0.29, 0.717) is 5.39 Å². The second-order valence-electron chi connectivity index (χ2n) is 2.21. The zero-order valence-electron chi connectivity index (χ0n) is 5.70. The highest BCUT2D eigenvalue weighted by molar-refractivity contribution is 7.38. The van der Waals surface area contributed by atoms with E-state index in [2.05, 4.69) is 0 Å². The first-order chi connectivity index (χ1) is 5.66. The van der Waals surface area contributed by atoms with Crippen LogP contribution in [0.25, 0.3) is 9.40 Å². The van der Waals surface area contributed by atoms with Crippen LogP contribution < -0.4 is 0 Å². The Kier molecular flexibility index (Phi) is 1.62. The molecule has 0 spiro atoms. The molecule has 2 rings (SSSR count). The summed E-state index contributed by atoms with van der Waals surface area (Å²) in [6.45, 7) is 0. The molecule has 0 bridgehead atoms. The average molecular weight is 202 g/mol. The van der Waals surface area contributed by atoms with Crippen molar-refractivity contribution >= 4 is 38.0 Å². The highest BCUT2D eigenvalue weighted by atomic mass is 32.2. The maximum atomic E-state index is 12.6. The predicted octanol–water partition coefficient (Wildman–Crippen LogP) is 2.80. The number of thiophene rings is 2. The number of carbonyl (C=O) groups is 1. The first kappa shape index (κ1) is 7.70. The standard InChI is InChI=1S/C7H3FO2S2/c8-5-2-3-1-4(6(9)10)11-7(3)12-5/h1-2H,(H,9,10). The van der Waals surface area contributed by atoms with Crippen LogP contribution in [-0.2, 0) is 0 Å². The molecule has 12 heavy (non-hydrogen) atoms. The van der Waals surface area contributed by atoms with Crippen LogP contribution in [0, 0.1) is 5.13 Å². The van der Waals surface area contributed by atoms with Gasteiger partial charge in [-0.3, -0.25) is 0 Å². The fourth-order valence-electron chi connectivity index (χ4n) is 0.914. The zero-order chi connectivity index (χ0) is 8.72. The Morgan fingerprint density at radius 1 is 1.42 bits per heavy atom. The molecule has 0 unspecified atom stereocenters. The second kappa shape index (κ2) is 2.53. The molecule has 0 saturated heterocycles. The van der Waals surface area contributed by atoms with E-state index < -0.39 is 5.97 Å². The van der Waals surface area contributed by atoms with Crippen LogP contribution in [0.4, 0.5) is 4.39 Å². The van der Waals surface area contributed by atoms with Gasteiger partial charge in [-0.2, -0.15) is 4.39 Å². The molecular formula is C7H3FO2S2. The van der Waals surface area contributed by atoms with E-state index in [9.17, 15) is 9.18 Å². The predicted molar refractivity (Wildman–Crippen MR) is 46.6 cm³/mol. The maximum absolute atomic E-state index is 12.6. The number of carboxylic acids is 1. The minimum atomic E-state index is -0.955. The van der Waals surface area contributed by atoms with E-state index in [1.165, 1.54) is 12.1 Å². The van der Waals surface area contributed by atoms with Crippen LogP contribution in [0.3, 0.4) is 0 Å². The number of rotatable bonds is 1. The maximum Gasteiger partial charge on any atom is 0.345 e. The van der Waals surface area contributed by atoms with Gasteiger partial charge in [0.05, 0.1) is 4.01 Å². The molecule has 5 heteroatoms. The van der Waals surface area contributed by atoms with Crippen molar-refractivity contribution < 1.29 is 14.3 Å². The Morgan fingerprint density at radius 2 is 2.17 bits per heavy atom. The summed E-state index contributed by atoms with van der Waals surface area (Å²) in [6, 6.07) is 2.84. The van der Waals surface area contributed by atoms with Gasteiger partial charge in [-0.1, -0.05) is 11.3 Å². The number of aromatic carboxylic acids is 1. The topological polar surface area (TPSA) is 37.3 Å². The van der Waals surface area contributed by atoms with Crippen LogP contribution >= 0.6 is 22.7 Å². The highest BCUT2D eigenvalue weighted by Gasteiger charge is 2.10. The van der Waals surface area contributed by atoms with Crippen LogP contribution in [0.15, 0.2) is 12.1 Å². The minimum Gasteiger partial charge on any atom is -0.477 e. The summed E-state index contributed by atoms with van der Waals surface area (Å²) in [6.07, 6.45) is 0. The lowest BCUT2D eigenvalue weighted by atomic mass is 10.4. The van der Waals surface area contributed by atoms with E-state index in [1.54, 1.807) is 0 Å². The van der Waals surface area contributed by atoms with Crippen molar-refractivity contribution in [3.8, 4) is 0 Å². The Bertz CT molecular complexity index is 412. The third-order valence-corrected chi connectivity index (χ3v) is 3.56. The van der Waals surface area contributed by atoms with Gasteiger partial charge in [0, 0.05) is 5.39 Å². The molecule has 0 aliphatic carbocycles. The quantitative estimate of drug-likeness (QED) is 0.772. The monoisotopic (exact) mass is 202 g/mol. The van der Waals surface area contributed by atoms with E-state index in [1.807, 2.05) is 0 Å². The van der Waals surface area contributed by atoms with Crippen molar-refractivity contribution in [2.24, 2.45) is 0 Å². The molecular weight excluding hydrogens is 199 g/mol. The Labute approximate surface area is 74.9 Å². The Hall–Kier alpha value is -0.940. The minimum absolute atomic E-state index is 0.260. The summed E-state index contributed by atoms with van der Waals surface area (Å²) in [4.78, 5) is 10.7. The van der Waals surface area contributed by atoms with Crippen molar-refractivity contribution in [2.75, 3.05) is 0 Å². The SMILES string of the molecule is O=C(O)c1cc2cc(F)sc2s1. The lowest BCUT2D eigenvalue weighted by Crippen LogP contribution is -1.89. The van der Waals surface area contributed by atoms with Crippen LogP contribution in [0.5, 0.6) is 0 Å². The third-order valence-electron chi connectivity index (χ3n) is 1.39. The molecule has 2 aromatic heterocycles. The number of hydrogen-bond donors (Lipinski definition) is 1. The fourth-order valence-corrected chi connectivity index (χ4v) is 2.90. The van der Waals surface area contributed by atoms with Gasteiger partial charge in [0.1, 0.15) is 4.88 Å². The van der Waals surface area contributed by atoms with Gasteiger partial charge in [-0.05, 0) is 12.1 Å². The molecule has 2 aromatic rings. The summed E-state index contributed by atoms with van der Waals surface area (Å²) in [5, 5.41) is 9.01. The number of hydrogen-bond acceptors (Lipinski definition) is 3. The van der Waals surface area contributed by atoms with Crippen LogP contribution in [0.2, 0.25) is 0 Å². The Balaban J connectivity index is 2.64. The largest absolute Gasteiger partial charge is 0.477 e. The molecule has 0 saturated carbocycles. The lowest BCUT2D eigenvalue weighted by Gasteiger charge is -1.80. The number of fused-ring (bicyclic) bond motifs is 1. The van der Waals surface area contributed by atoms with Gasteiger partial charge in [0.2, 0.25) is 0 Å².